The third kappa shape index (κ3) is 4.30. The summed E-state index contributed by atoms with van der Waals surface area (Å²) >= 11 is 1.73. The number of carbonyl (C=O) groups is 1. The average Bonchev–Trinajstić information content (AvgIpc) is 3.69. The number of nitrogens with zero attached hydrogens (tertiary/aromatic N) is 3. The van der Waals surface area contributed by atoms with Crippen molar-refractivity contribution in [2.24, 2.45) is 0 Å². The van der Waals surface area contributed by atoms with Crippen LogP contribution in [0.3, 0.4) is 0 Å². The fourth-order valence-corrected chi connectivity index (χ4v) is 7.80. The molecule has 6 rings (SSSR count). The molecule has 2 aliphatic heterocycles. The van der Waals surface area contributed by atoms with Gasteiger partial charge in [-0.1, -0.05) is 38.9 Å². The first-order chi connectivity index (χ1) is 16.1. The summed E-state index contributed by atoms with van der Waals surface area (Å²) in [6.45, 7) is 1.41. The predicted molar refractivity (Wildman–Crippen MR) is 136 cm³/mol. The summed E-state index contributed by atoms with van der Waals surface area (Å²) in [5, 5.41) is 12.2. The summed E-state index contributed by atoms with van der Waals surface area (Å²) in [4.78, 5) is 20.1. The summed E-state index contributed by atoms with van der Waals surface area (Å²) in [6, 6.07) is 19.5. The minimum atomic E-state index is -0.379. The maximum atomic E-state index is 12.3. The van der Waals surface area contributed by atoms with Gasteiger partial charge in [0.15, 0.2) is 0 Å². The monoisotopic (exact) mass is 477 g/mol. The number of aliphatic hydroxyl groups excluding tert-OH is 1. The molecule has 1 N–H and O–H groups in total. The quantitative estimate of drug-likeness (QED) is 0.434. The van der Waals surface area contributed by atoms with Gasteiger partial charge < -0.3 is 10.0 Å². The second kappa shape index (κ2) is 8.66. The topological polar surface area (TPSA) is 56.7 Å². The lowest BCUT2D eigenvalue weighted by Crippen LogP contribution is -2.59. The number of pyridine rings is 1. The molecule has 1 amide bonds. The number of likely N-dealkylation sites (tertiary alicyclic amines) is 1. The van der Waals surface area contributed by atoms with Gasteiger partial charge in [0.05, 0.1) is 11.6 Å². The van der Waals surface area contributed by atoms with E-state index < -0.39 is 0 Å². The van der Waals surface area contributed by atoms with E-state index in [9.17, 15) is 9.90 Å². The van der Waals surface area contributed by atoms with Crippen LogP contribution in [0, 0.1) is 0 Å². The third-order valence-electron chi connectivity index (χ3n) is 7.20. The van der Waals surface area contributed by atoms with Crippen LogP contribution in [0.25, 0.3) is 22.0 Å². The van der Waals surface area contributed by atoms with Crippen molar-refractivity contribution < 1.29 is 9.90 Å². The Bertz CT molecular complexity index is 1190. The minimum Gasteiger partial charge on any atom is -0.391 e. The number of fused-ring (bicyclic) bond motifs is 1. The van der Waals surface area contributed by atoms with Crippen molar-refractivity contribution in [3.05, 3.63) is 60.8 Å². The van der Waals surface area contributed by atoms with E-state index in [1.165, 1.54) is 16.0 Å². The van der Waals surface area contributed by atoms with E-state index >= 15 is 0 Å². The van der Waals surface area contributed by atoms with E-state index in [-0.39, 0.29) is 11.3 Å². The summed E-state index contributed by atoms with van der Waals surface area (Å²) in [5.41, 5.74) is 3.36. The second-order valence-electron chi connectivity index (χ2n) is 9.45. The number of aromatic nitrogens is 1. The van der Waals surface area contributed by atoms with Crippen LogP contribution in [-0.2, 0) is 4.79 Å². The summed E-state index contributed by atoms with van der Waals surface area (Å²) in [7, 11) is 0.650. The first-order valence-electron chi connectivity index (χ1n) is 11.7. The van der Waals surface area contributed by atoms with Crippen molar-refractivity contribution in [2.75, 3.05) is 19.4 Å². The van der Waals surface area contributed by atoms with Crippen molar-refractivity contribution in [3.8, 4) is 11.1 Å². The molecule has 3 aromatic rings. The van der Waals surface area contributed by atoms with Crippen molar-refractivity contribution in [1.82, 2.24) is 14.2 Å². The van der Waals surface area contributed by atoms with Gasteiger partial charge in [0.2, 0.25) is 5.91 Å². The SMILES string of the molecule is O=C1CCC2(CN1C1CC1)PCN(Sc1ccc(-c3ccc4cccnc4c3)cc1)CC2O. The molecule has 170 valence electrons. The maximum absolute atomic E-state index is 12.3. The molecule has 0 bridgehead atoms. The van der Waals surface area contributed by atoms with Gasteiger partial charge in [-0.15, -0.1) is 0 Å². The zero-order chi connectivity index (χ0) is 22.4. The Labute approximate surface area is 200 Å². The molecule has 3 fully saturated rings. The van der Waals surface area contributed by atoms with Crippen LogP contribution >= 0.6 is 20.5 Å². The summed E-state index contributed by atoms with van der Waals surface area (Å²) < 4.78 is 2.29. The lowest BCUT2D eigenvalue weighted by atomic mass is 9.90. The van der Waals surface area contributed by atoms with Gasteiger partial charge in [-0.2, -0.15) is 0 Å². The zero-order valence-electron chi connectivity index (χ0n) is 18.5. The Morgan fingerprint density at radius 3 is 2.70 bits per heavy atom. The maximum Gasteiger partial charge on any atom is 0.222 e. The standard InChI is InChI=1S/C26H28N3O2PS/c30-24-15-28(17-32-26(24)12-11-25(31)29(16-26)21-7-8-21)33-22-9-5-18(6-10-22)20-4-3-19-2-1-13-27-23(19)14-20/h1-6,9-10,13-14,21,24,30,32H,7-8,11-12,15-17H2. The zero-order valence-corrected chi connectivity index (χ0v) is 20.3. The largest absolute Gasteiger partial charge is 0.391 e. The number of piperidine rings is 1. The van der Waals surface area contributed by atoms with Gasteiger partial charge in [0.1, 0.15) is 0 Å². The Balaban J connectivity index is 1.11. The van der Waals surface area contributed by atoms with Gasteiger partial charge >= 0.3 is 0 Å². The second-order valence-corrected chi connectivity index (χ2v) is 12.3. The van der Waals surface area contributed by atoms with Crippen molar-refractivity contribution in [2.45, 2.75) is 47.9 Å². The van der Waals surface area contributed by atoms with Crippen molar-refractivity contribution >= 4 is 37.3 Å². The van der Waals surface area contributed by atoms with Crippen LogP contribution < -0.4 is 0 Å². The Morgan fingerprint density at radius 1 is 1.09 bits per heavy atom. The summed E-state index contributed by atoms with van der Waals surface area (Å²) in [5.74, 6) is 0.291. The molecule has 3 atom stereocenters. The molecule has 33 heavy (non-hydrogen) atoms. The molecule has 5 nitrogen and oxygen atoms in total. The smallest absolute Gasteiger partial charge is 0.222 e. The van der Waals surface area contributed by atoms with Gasteiger partial charge in [-0.25, -0.2) is 4.31 Å². The molecular formula is C26H28N3O2PS. The Morgan fingerprint density at radius 2 is 1.91 bits per heavy atom. The first-order valence-corrected chi connectivity index (χ1v) is 13.7. The molecule has 1 spiro atoms. The number of benzene rings is 2. The number of hydrogen-bond acceptors (Lipinski definition) is 5. The van der Waals surface area contributed by atoms with E-state index in [4.69, 9.17) is 0 Å². The van der Waals surface area contributed by atoms with Crippen molar-refractivity contribution in [3.63, 3.8) is 0 Å². The fourth-order valence-electron chi connectivity index (χ4n) is 5.05. The van der Waals surface area contributed by atoms with E-state index in [1.807, 2.05) is 12.3 Å². The van der Waals surface area contributed by atoms with Crippen LogP contribution in [0.5, 0.6) is 0 Å². The van der Waals surface area contributed by atoms with Gasteiger partial charge in [0, 0.05) is 53.5 Å². The van der Waals surface area contributed by atoms with E-state index in [1.54, 1.807) is 11.9 Å². The number of aliphatic hydroxyl groups is 1. The van der Waals surface area contributed by atoms with Crippen LogP contribution in [0.1, 0.15) is 25.7 Å². The number of hydrogen-bond donors (Lipinski definition) is 1. The number of carbonyl (C=O) groups excluding carboxylic acids is 1. The lowest BCUT2D eigenvalue weighted by Gasteiger charge is -2.50. The van der Waals surface area contributed by atoms with Gasteiger partial charge in [-0.3, -0.25) is 9.78 Å². The molecule has 1 saturated carbocycles. The first kappa shape index (κ1) is 21.5. The number of β-amino-alcohol motifs (C(OH)–C–C–N with tert-alkyl or cyclic N) is 1. The van der Waals surface area contributed by atoms with Crippen LogP contribution in [0.15, 0.2) is 65.7 Å². The molecule has 0 radical (unpaired) electrons. The highest BCUT2D eigenvalue weighted by Gasteiger charge is 2.49. The number of rotatable bonds is 4. The molecule has 3 heterocycles. The van der Waals surface area contributed by atoms with Crippen LogP contribution in [0.2, 0.25) is 0 Å². The molecule has 2 saturated heterocycles. The van der Waals surface area contributed by atoms with Crippen LogP contribution in [-0.4, -0.2) is 61.9 Å². The highest BCUT2D eigenvalue weighted by molar-refractivity contribution is 7.97. The predicted octanol–water partition coefficient (Wildman–Crippen LogP) is 4.75. The summed E-state index contributed by atoms with van der Waals surface area (Å²) in [6.07, 6.45) is 6.12. The van der Waals surface area contributed by atoms with Crippen LogP contribution in [0.4, 0.5) is 0 Å². The highest BCUT2D eigenvalue weighted by atomic mass is 32.2. The number of amides is 1. The average molecular weight is 478 g/mol. The van der Waals surface area contributed by atoms with E-state index in [0.717, 1.165) is 43.0 Å². The van der Waals surface area contributed by atoms with Crippen molar-refractivity contribution in [1.29, 1.82) is 0 Å². The lowest BCUT2D eigenvalue weighted by molar-refractivity contribution is -0.136. The molecule has 7 heteroatoms. The van der Waals surface area contributed by atoms with E-state index in [2.05, 4.69) is 62.7 Å². The van der Waals surface area contributed by atoms with Gasteiger partial charge in [-0.05, 0) is 66.6 Å². The van der Waals surface area contributed by atoms with Gasteiger partial charge in [0.25, 0.3) is 0 Å². The molecule has 1 aromatic heterocycles. The Hall–Kier alpha value is -1.98. The third-order valence-corrected chi connectivity index (χ3v) is 10.4. The van der Waals surface area contributed by atoms with E-state index in [0.29, 0.717) is 33.5 Å². The normalized spacial score (nSPS) is 27.0. The Kier molecular flexibility index (Phi) is 5.66. The molecule has 3 aliphatic rings. The highest BCUT2D eigenvalue weighted by Crippen LogP contribution is 2.49. The fraction of sp³-hybridized carbons (Fsp3) is 0.385. The molecular weight excluding hydrogens is 449 g/mol. The molecule has 1 aliphatic carbocycles. The molecule has 2 aromatic carbocycles. The minimum absolute atomic E-state index is 0.0957. The molecule has 3 unspecified atom stereocenters.